The number of carbonyl (C=O) groups is 2. The quantitative estimate of drug-likeness (QED) is 0.845. The smallest absolute Gasteiger partial charge is 0.317 e. The van der Waals surface area contributed by atoms with Gasteiger partial charge in [-0.25, -0.2) is 4.79 Å². The first kappa shape index (κ1) is 14.8. The molecule has 110 valence electrons. The lowest BCUT2D eigenvalue weighted by Crippen LogP contribution is -2.39. The van der Waals surface area contributed by atoms with Gasteiger partial charge in [0.2, 0.25) is 0 Å². The van der Waals surface area contributed by atoms with E-state index in [1.807, 2.05) is 11.4 Å². The zero-order chi connectivity index (χ0) is 14.4. The molecule has 1 aromatic rings. The standard InChI is InChI=1S/C14H20N2O3S/c17-13(18)4-3-11-6-8-16(10-11)14(19)15-7-5-12-2-1-9-20-12/h1-2,9,11H,3-8,10H2,(H,15,19)(H,17,18). The maximum absolute atomic E-state index is 12.0. The van der Waals surface area contributed by atoms with Crippen LogP contribution in [0.2, 0.25) is 0 Å². The van der Waals surface area contributed by atoms with Crippen molar-refractivity contribution >= 4 is 23.3 Å². The van der Waals surface area contributed by atoms with Crippen LogP contribution in [0.3, 0.4) is 0 Å². The Hall–Kier alpha value is -1.56. The van der Waals surface area contributed by atoms with Crippen LogP contribution in [0.15, 0.2) is 17.5 Å². The lowest BCUT2D eigenvalue weighted by Gasteiger charge is -2.17. The molecule has 2 amide bonds. The largest absolute Gasteiger partial charge is 0.481 e. The molecule has 0 saturated carbocycles. The van der Waals surface area contributed by atoms with E-state index in [2.05, 4.69) is 11.4 Å². The van der Waals surface area contributed by atoms with E-state index >= 15 is 0 Å². The van der Waals surface area contributed by atoms with E-state index in [-0.39, 0.29) is 12.5 Å². The van der Waals surface area contributed by atoms with Crippen molar-refractivity contribution in [1.29, 1.82) is 0 Å². The van der Waals surface area contributed by atoms with Crippen LogP contribution in [0, 0.1) is 5.92 Å². The summed E-state index contributed by atoms with van der Waals surface area (Å²) in [6.07, 6.45) is 2.62. The van der Waals surface area contributed by atoms with Gasteiger partial charge in [0.1, 0.15) is 0 Å². The molecule has 1 aliphatic heterocycles. The highest BCUT2D eigenvalue weighted by Crippen LogP contribution is 2.20. The Morgan fingerprint density at radius 3 is 3.05 bits per heavy atom. The molecule has 2 heterocycles. The third-order valence-corrected chi connectivity index (χ3v) is 4.50. The molecule has 20 heavy (non-hydrogen) atoms. The lowest BCUT2D eigenvalue weighted by atomic mass is 10.0. The molecule has 6 heteroatoms. The van der Waals surface area contributed by atoms with Crippen molar-refractivity contribution in [3.8, 4) is 0 Å². The number of amides is 2. The number of hydrogen-bond donors (Lipinski definition) is 2. The molecule has 1 atom stereocenters. The third-order valence-electron chi connectivity index (χ3n) is 3.57. The van der Waals surface area contributed by atoms with E-state index in [1.54, 1.807) is 16.2 Å². The van der Waals surface area contributed by atoms with Gasteiger partial charge in [-0.15, -0.1) is 11.3 Å². The summed E-state index contributed by atoms with van der Waals surface area (Å²) in [5.41, 5.74) is 0. The normalized spacial score (nSPS) is 18.2. The van der Waals surface area contributed by atoms with Gasteiger partial charge in [-0.3, -0.25) is 4.79 Å². The number of nitrogens with zero attached hydrogens (tertiary/aromatic N) is 1. The number of likely N-dealkylation sites (tertiary alicyclic amines) is 1. The minimum atomic E-state index is -0.760. The number of aliphatic carboxylic acids is 1. The maximum Gasteiger partial charge on any atom is 0.317 e. The molecule has 2 rings (SSSR count). The molecule has 1 aromatic heterocycles. The molecule has 1 unspecified atom stereocenters. The fourth-order valence-electron chi connectivity index (χ4n) is 2.44. The van der Waals surface area contributed by atoms with Gasteiger partial charge in [-0.1, -0.05) is 6.07 Å². The Labute approximate surface area is 122 Å². The van der Waals surface area contributed by atoms with Crippen molar-refractivity contribution in [2.45, 2.75) is 25.7 Å². The van der Waals surface area contributed by atoms with Crippen molar-refractivity contribution in [2.24, 2.45) is 5.92 Å². The van der Waals surface area contributed by atoms with Crippen molar-refractivity contribution in [1.82, 2.24) is 10.2 Å². The van der Waals surface area contributed by atoms with Crippen LogP contribution in [-0.4, -0.2) is 41.6 Å². The van der Waals surface area contributed by atoms with Gasteiger partial charge < -0.3 is 15.3 Å². The first-order valence-corrected chi connectivity index (χ1v) is 7.80. The zero-order valence-corrected chi connectivity index (χ0v) is 12.2. The van der Waals surface area contributed by atoms with Gasteiger partial charge in [0.15, 0.2) is 0 Å². The molecule has 1 aliphatic rings. The Morgan fingerprint density at radius 1 is 1.50 bits per heavy atom. The molecule has 1 saturated heterocycles. The summed E-state index contributed by atoms with van der Waals surface area (Å²) in [5.74, 6) is -0.432. The van der Waals surface area contributed by atoms with Gasteiger partial charge in [0.05, 0.1) is 0 Å². The Balaban J connectivity index is 1.65. The highest BCUT2D eigenvalue weighted by Gasteiger charge is 2.26. The van der Waals surface area contributed by atoms with E-state index in [9.17, 15) is 9.59 Å². The average molecular weight is 296 g/mol. The summed E-state index contributed by atoms with van der Waals surface area (Å²) < 4.78 is 0. The zero-order valence-electron chi connectivity index (χ0n) is 11.4. The van der Waals surface area contributed by atoms with Crippen molar-refractivity contribution in [3.05, 3.63) is 22.4 Å². The van der Waals surface area contributed by atoms with Crippen LogP contribution in [0.4, 0.5) is 4.79 Å². The fraction of sp³-hybridized carbons (Fsp3) is 0.571. The van der Waals surface area contributed by atoms with Gasteiger partial charge in [-0.2, -0.15) is 0 Å². The van der Waals surface area contributed by atoms with E-state index < -0.39 is 5.97 Å². The summed E-state index contributed by atoms with van der Waals surface area (Å²) in [4.78, 5) is 25.6. The summed E-state index contributed by atoms with van der Waals surface area (Å²) in [6.45, 7) is 2.06. The molecular formula is C14H20N2O3S. The second kappa shape index (κ2) is 7.28. The Kier molecular flexibility index (Phi) is 5.40. The van der Waals surface area contributed by atoms with E-state index in [0.717, 1.165) is 19.4 Å². The fourth-order valence-corrected chi connectivity index (χ4v) is 3.15. The molecule has 0 aromatic carbocycles. The monoisotopic (exact) mass is 296 g/mol. The van der Waals surface area contributed by atoms with Crippen LogP contribution in [0.25, 0.3) is 0 Å². The summed E-state index contributed by atoms with van der Waals surface area (Å²) in [6, 6.07) is 4.05. The number of hydrogen-bond acceptors (Lipinski definition) is 3. The molecule has 0 aliphatic carbocycles. The minimum absolute atomic E-state index is 0.0284. The molecule has 5 nitrogen and oxygen atoms in total. The number of nitrogens with one attached hydrogen (secondary N) is 1. The Morgan fingerprint density at radius 2 is 2.35 bits per heavy atom. The summed E-state index contributed by atoms with van der Waals surface area (Å²) in [7, 11) is 0. The topological polar surface area (TPSA) is 69.6 Å². The van der Waals surface area contributed by atoms with E-state index in [4.69, 9.17) is 5.11 Å². The van der Waals surface area contributed by atoms with E-state index in [0.29, 0.717) is 25.4 Å². The lowest BCUT2D eigenvalue weighted by molar-refractivity contribution is -0.137. The van der Waals surface area contributed by atoms with Crippen LogP contribution in [-0.2, 0) is 11.2 Å². The minimum Gasteiger partial charge on any atom is -0.481 e. The molecule has 0 spiro atoms. The highest BCUT2D eigenvalue weighted by molar-refractivity contribution is 7.09. The number of rotatable bonds is 6. The molecular weight excluding hydrogens is 276 g/mol. The maximum atomic E-state index is 12.0. The molecule has 0 bridgehead atoms. The van der Waals surface area contributed by atoms with Crippen molar-refractivity contribution < 1.29 is 14.7 Å². The predicted octanol–water partition coefficient (Wildman–Crippen LogP) is 2.19. The van der Waals surface area contributed by atoms with Gasteiger partial charge in [0, 0.05) is 30.9 Å². The van der Waals surface area contributed by atoms with Crippen LogP contribution < -0.4 is 5.32 Å². The van der Waals surface area contributed by atoms with Crippen LogP contribution >= 0.6 is 11.3 Å². The van der Waals surface area contributed by atoms with Crippen molar-refractivity contribution in [3.63, 3.8) is 0 Å². The second-order valence-corrected chi connectivity index (χ2v) is 6.13. The highest BCUT2D eigenvalue weighted by atomic mass is 32.1. The van der Waals surface area contributed by atoms with Crippen LogP contribution in [0.5, 0.6) is 0 Å². The first-order valence-electron chi connectivity index (χ1n) is 6.92. The summed E-state index contributed by atoms with van der Waals surface area (Å²) >= 11 is 1.70. The van der Waals surface area contributed by atoms with E-state index in [1.165, 1.54) is 4.88 Å². The number of thiophene rings is 1. The number of urea groups is 1. The SMILES string of the molecule is O=C(O)CCC1CCN(C(=O)NCCc2cccs2)C1. The first-order chi connectivity index (χ1) is 9.65. The predicted molar refractivity (Wildman–Crippen MR) is 78.0 cm³/mol. The molecule has 0 radical (unpaired) electrons. The Bertz CT molecular complexity index is 447. The van der Waals surface area contributed by atoms with Crippen LogP contribution in [0.1, 0.15) is 24.1 Å². The average Bonchev–Trinajstić information content (AvgIpc) is 3.07. The third kappa shape index (κ3) is 4.52. The second-order valence-electron chi connectivity index (χ2n) is 5.09. The van der Waals surface area contributed by atoms with Crippen molar-refractivity contribution in [2.75, 3.05) is 19.6 Å². The molecule has 2 N–H and O–H groups in total. The van der Waals surface area contributed by atoms with Gasteiger partial charge >= 0.3 is 12.0 Å². The summed E-state index contributed by atoms with van der Waals surface area (Å²) in [5, 5.41) is 13.6. The van der Waals surface area contributed by atoms with Gasteiger partial charge in [-0.05, 0) is 36.6 Å². The number of carboxylic acids is 1. The van der Waals surface area contributed by atoms with Gasteiger partial charge in [0.25, 0.3) is 0 Å². The number of carboxylic acid groups (broad SMARTS) is 1. The molecule has 1 fully saturated rings. The number of carbonyl (C=O) groups excluding carboxylic acids is 1.